The molecule has 0 unspecified atom stereocenters. The predicted molar refractivity (Wildman–Crippen MR) is 87.5 cm³/mol. The maximum atomic E-state index is 4.55. The zero-order valence-electron chi connectivity index (χ0n) is 13.9. The maximum absolute atomic E-state index is 4.55. The van der Waals surface area contributed by atoms with Gasteiger partial charge >= 0.3 is 0 Å². The van der Waals surface area contributed by atoms with Crippen LogP contribution in [0.3, 0.4) is 0 Å². The Balaban J connectivity index is 1.75. The van der Waals surface area contributed by atoms with E-state index in [-0.39, 0.29) is 0 Å². The van der Waals surface area contributed by atoms with E-state index >= 15 is 0 Å². The summed E-state index contributed by atoms with van der Waals surface area (Å²) in [5, 5.41) is 0. The Bertz CT molecular complexity index is 425. The summed E-state index contributed by atoms with van der Waals surface area (Å²) in [5.41, 5.74) is 3.71. The van der Waals surface area contributed by atoms with Crippen LogP contribution in [0, 0.1) is 35.0 Å². The Morgan fingerprint density at radius 2 is 1.95 bits per heavy atom. The maximum Gasteiger partial charge on any atom is -0.0138 e. The quantitative estimate of drug-likeness (QED) is 0.551. The zero-order valence-corrected chi connectivity index (χ0v) is 13.9. The number of fused-ring (bicyclic) bond motifs is 3. The predicted octanol–water partition coefficient (Wildman–Crippen LogP) is 6.00. The fraction of sp³-hybridized carbons (Fsp3) is 0.800. The first-order valence-electron chi connectivity index (χ1n) is 8.76. The van der Waals surface area contributed by atoms with E-state index in [1.165, 1.54) is 44.1 Å². The van der Waals surface area contributed by atoms with E-state index in [0.717, 1.165) is 29.6 Å². The van der Waals surface area contributed by atoms with Crippen LogP contribution in [0.5, 0.6) is 0 Å². The first-order chi connectivity index (χ1) is 9.45. The molecule has 0 nitrogen and oxygen atoms in total. The van der Waals surface area contributed by atoms with Gasteiger partial charge in [-0.2, -0.15) is 0 Å². The molecule has 20 heavy (non-hydrogen) atoms. The lowest BCUT2D eigenvalue weighted by atomic mass is 9.57. The molecule has 0 amide bonds. The van der Waals surface area contributed by atoms with Crippen LogP contribution in [-0.2, 0) is 0 Å². The van der Waals surface area contributed by atoms with Gasteiger partial charge in [0.2, 0.25) is 0 Å². The van der Waals surface area contributed by atoms with Gasteiger partial charge in [-0.1, -0.05) is 44.1 Å². The Hall–Kier alpha value is -0.520. The van der Waals surface area contributed by atoms with Crippen molar-refractivity contribution < 1.29 is 0 Å². The second-order valence-electron chi connectivity index (χ2n) is 8.39. The van der Waals surface area contributed by atoms with Crippen molar-refractivity contribution >= 4 is 0 Å². The van der Waals surface area contributed by atoms with Crippen LogP contribution < -0.4 is 0 Å². The van der Waals surface area contributed by atoms with Crippen molar-refractivity contribution in [2.24, 2.45) is 35.0 Å². The van der Waals surface area contributed by atoms with Crippen molar-refractivity contribution in [3.63, 3.8) is 0 Å². The van der Waals surface area contributed by atoms with Crippen molar-refractivity contribution in [3.05, 3.63) is 23.8 Å². The van der Waals surface area contributed by atoms with E-state index in [1.54, 1.807) is 5.57 Å². The lowest BCUT2D eigenvalue weighted by molar-refractivity contribution is 0.0268. The third-order valence-corrected chi connectivity index (χ3v) is 7.08. The zero-order chi connectivity index (χ0) is 14.5. The van der Waals surface area contributed by atoms with E-state index in [9.17, 15) is 0 Å². The molecule has 3 saturated carbocycles. The number of hydrogen-bond acceptors (Lipinski definition) is 0. The molecule has 0 radical (unpaired) electrons. The summed E-state index contributed by atoms with van der Waals surface area (Å²) in [4.78, 5) is 0. The fourth-order valence-corrected chi connectivity index (χ4v) is 5.95. The van der Waals surface area contributed by atoms with Crippen LogP contribution in [0.2, 0.25) is 0 Å². The van der Waals surface area contributed by atoms with Gasteiger partial charge in [-0.05, 0) is 81.0 Å². The van der Waals surface area contributed by atoms with Crippen molar-refractivity contribution in [1.29, 1.82) is 0 Å². The Morgan fingerprint density at radius 1 is 1.20 bits per heavy atom. The van der Waals surface area contributed by atoms with Crippen molar-refractivity contribution in [1.82, 2.24) is 0 Å². The first kappa shape index (κ1) is 14.4. The van der Waals surface area contributed by atoms with Crippen LogP contribution in [0.1, 0.15) is 66.2 Å². The summed E-state index contributed by atoms with van der Waals surface area (Å²) < 4.78 is 0. The average molecular weight is 272 g/mol. The number of hydrogen-bond donors (Lipinski definition) is 0. The van der Waals surface area contributed by atoms with E-state index in [1.807, 2.05) is 0 Å². The van der Waals surface area contributed by atoms with Crippen LogP contribution >= 0.6 is 0 Å². The summed E-state index contributed by atoms with van der Waals surface area (Å²) in [6, 6.07) is 0. The minimum absolute atomic E-state index is 0.680. The first-order valence-corrected chi connectivity index (χ1v) is 8.76. The SMILES string of the molecule is C=C(CCC=C(C)C)[C@@H]1[C@@H]2[C@@H](CC[C@@H]2C)[C@]2(C)CC[C@H]12. The molecule has 0 spiro atoms. The Labute approximate surface area is 125 Å². The minimum atomic E-state index is 0.680. The molecule has 6 atom stereocenters. The molecule has 0 bridgehead atoms. The van der Waals surface area contributed by atoms with Crippen LogP contribution in [0.25, 0.3) is 0 Å². The topological polar surface area (TPSA) is 0 Å². The molecule has 0 N–H and O–H groups in total. The summed E-state index contributed by atoms with van der Waals surface area (Å²) in [5.74, 6) is 4.74. The van der Waals surface area contributed by atoms with Gasteiger partial charge in [0.1, 0.15) is 0 Å². The largest absolute Gasteiger partial charge is 0.0995 e. The van der Waals surface area contributed by atoms with Gasteiger partial charge in [0.25, 0.3) is 0 Å². The van der Waals surface area contributed by atoms with Crippen molar-refractivity contribution in [2.45, 2.75) is 66.2 Å². The lowest BCUT2D eigenvalue weighted by Crippen LogP contribution is -2.39. The summed E-state index contributed by atoms with van der Waals surface area (Å²) in [7, 11) is 0. The number of rotatable bonds is 4. The molecule has 3 aliphatic carbocycles. The van der Waals surface area contributed by atoms with Gasteiger partial charge in [-0.15, -0.1) is 0 Å². The van der Waals surface area contributed by atoms with Gasteiger partial charge in [-0.3, -0.25) is 0 Å². The summed E-state index contributed by atoms with van der Waals surface area (Å²) in [6.45, 7) is 14.1. The molecular weight excluding hydrogens is 240 g/mol. The molecule has 112 valence electrons. The normalized spacial score (nSPS) is 45.5. The highest BCUT2D eigenvalue weighted by Crippen LogP contribution is 2.71. The van der Waals surface area contributed by atoms with Gasteiger partial charge in [0.15, 0.2) is 0 Å². The highest BCUT2D eigenvalue weighted by atomic mass is 14.7. The molecule has 0 aromatic heterocycles. The van der Waals surface area contributed by atoms with Gasteiger partial charge in [-0.25, -0.2) is 0 Å². The van der Waals surface area contributed by atoms with Gasteiger partial charge < -0.3 is 0 Å². The minimum Gasteiger partial charge on any atom is -0.0995 e. The van der Waals surface area contributed by atoms with Crippen LogP contribution in [0.15, 0.2) is 23.8 Å². The van der Waals surface area contributed by atoms with E-state index in [4.69, 9.17) is 0 Å². The summed E-state index contributed by atoms with van der Waals surface area (Å²) in [6.07, 6.45) is 10.7. The summed E-state index contributed by atoms with van der Waals surface area (Å²) >= 11 is 0. The molecule has 0 aromatic rings. The third kappa shape index (κ3) is 2.02. The highest BCUT2D eigenvalue weighted by Gasteiger charge is 2.64. The number of allylic oxidation sites excluding steroid dienone is 3. The smallest absolute Gasteiger partial charge is 0.0138 e. The second kappa shape index (κ2) is 5.04. The second-order valence-corrected chi connectivity index (χ2v) is 8.39. The molecule has 0 aromatic carbocycles. The van der Waals surface area contributed by atoms with E-state index < -0.39 is 0 Å². The molecule has 3 fully saturated rings. The fourth-order valence-electron chi connectivity index (χ4n) is 5.95. The Kier molecular flexibility index (Phi) is 3.63. The molecule has 3 rings (SSSR count). The van der Waals surface area contributed by atoms with Crippen molar-refractivity contribution in [3.8, 4) is 0 Å². The molecule has 0 heterocycles. The Morgan fingerprint density at radius 3 is 2.55 bits per heavy atom. The monoisotopic (exact) mass is 272 g/mol. The lowest BCUT2D eigenvalue weighted by Gasteiger charge is -2.48. The average Bonchev–Trinajstić information content (AvgIpc) is 2.81. The van der Waals surface area contributed by atoms with E-state index in [2.05, 4.69) is 40.3 Å². The molecule has 3 aliphatic rings. The standard InChI is InChI=1S/C20H32/c1-13(2)7-6-8-14(3)18-17-11-12-20(17,5)16-10-9-15(4)19(16)18/h7,15-19H,3,6,8-12H2,1-2,4-5H3/t15-,16+,17+,18-,19-,20-/m0/s1. The third-order valence-electron chi connectivity index (χ3n) is 7.08. The highest BCUT2D eigenvalue weighted by molar-refractivity contribution is 5.21. The van der Waals surface area contributed by atoms with Crippen LogP contribution in [0.4, 0.5) is 0 Å². The molecule has 0 heteroatoms. The van der Waals surface area contributed by atoms with E-state index in [0.29, 0.717) is 5.41 Å². The van der Waals surface area contributed by atoms with Gasteiger partial charge in [0.05, 0.1) is 0 Å². The van der Waals surface area contributed by atoms with Gasteiger partial charge in [0, 0.05) is 0 Å². The van der Waals surface area contributed by atoms with Crippen LogP contribution in [-0.4, -0.2) is 0 Å². The molecule has 0 aliphatic heterocycles. The molecule has 0 saturated heterocycles. The molecular formula is C20H32. The van der Waals surface area contributed by atoms with Crippen molar-refractivity contribution in [2.75, 3.05) is 0 Å².